The van der Waals surface area contributed by atoms with E-state index in [-0.39, 0.29) is 11.6 Å². The van der Waals surface area contributed by atoms with Gasteiger partial charge in [-0.2, -0.15) is 4.98 Å². The SMILES string of the molecule is COc1nc(Nc2ccc(CN3CCN(C)CC3)cc2)c(C(N)O)nc1-c1cncc2c1ncn2C. The Kier molecular flexibility index (Phi) is 6.79. The third-order valence-electron chi connectivity index (χ3n) is 6.48. The average molecular weight is 490 g/mol. The van der Waals surface area contributed by atoms with Crippen molar-refractivity contribution in [2.75, 3.05) is 45.7 Å². The molecule has 11 nitrogen and oxygen atoms in total. The zero-order chi connectivity index (χ0) is 25.2. The van der Waals surface area contributed by atoms with Crippen molar-refractivity contribution in [3.63, 3.8) is 0 Å². The molecule has 4 heterocycles. The number of piperazine rings is 1. The van der Waals surface area contributed by atoms with Crippen LogP contribution < -0.4 is 15.8 Å². The van der Waals surface area contributed by atoms with Crippen molar-refractivity contribution < 1.29 is 9.84 Å². The van der Waals surface area contributed by atoms with E-state index >= 15 is 0 Å². The fraction of sp³-hybridized carbons (Fsp3) is 0.360. The minimum absolute atomic E-state index is 0.195. The Morgan fingerprint density at radius 1 is 1.08 bits per heavy atom. The van der Waals surface area contributed by atoms with Gasteiger partial charge in [-0.15, -0.1) is 0 Å². The predicted molar refractivity (Wildman–Crippen MR) is 138 cm³/mol. The van der Waals surface area contributed by atoms with E-state index in [0.29, 0.717) is 22.6 Å². The molecule has 1 aliphatic rings. The van der Waals surface area contributed by atoms with E-state index in [9.17, 15) is 5.11 Å². The average Bonchev–Trinajstić information content (AvgIpc) is 3.27. The Morgan fingerprint density at radius 3 is 2.53 bits per heavy atom. The Morgan fingerprint density at radius 2 is 1.83 bits per heavy atom. The largest absolute Gasteiger partial charge is 0.479 e. The van der Waals surface area contributed by atoms with Crippen molar-refractivity contribution in [3.05, 3.63) is 54.2 Å². The number of hydrogen-bond acceptors (Lipinski definition) is 10. The summed E-state index contributed by atoms with van der Waals surface area (Å²) in [6.07, 6.45) is 3.74. The Balaban J connectivity index is 1.42. The highest BCUT2D eigenvalue weighted by Crippen LogP contribution is 2.34. The number of nitrogens with zero attached hydrogens (tertiary/aromatic N) is 7. The number of hydrogen-bond donors (Lipinski definition) is 3. The first-order valence-corrected chi connectivity index (χ1v) is 11.8. The molecule has 1 saturated heterocycles. The number of pyridine rings is 1. The number of nitrogens with one attached hydrogen (secondary N) is 1. The maximum absolute atomic E-state index is 10.3. The van der Waals surface area contributed by atoms with Crippen LogP contribution >= 0.6 is 0 Å². The van der Waals surface area contributed by atoms with Gasteiger partial charge in [0.2, 0.25) is 5.88 Å². The summed E-state index contributed by atoms with van der Waals surface area (Å²) in [4.78, 5) is 22.8. The lowest BCUT2D eigenvalue weighted by Gasteiger charge is -2.32. The number of aliphatic hydroxyl groups excluding tert-OH is 1. The van der Waals surface area contributed by atoms with Gasteiger partial charge in [-0.25, -0.2) is 9.97 Å². The zero-order valence-electron chi connectivity index (χ0n) is 20.7. The Labute approximate surface area is 209 Å². The molecule has 188 valence electrons. The Hall–Kier alpha value is -3.64. The van der Waals surface area contributed by atoms with Crippen LogP contribution in [0.2, 0.25) is 0 Å². The molecule has 0 bridgehead atoms. The smallest absolute Gasteiger partial charge is 0.242 e. The van der Waals surface area contributed by atoms with Gasteiger partial charge < -0.3 is 30.4 Å². The first-order valence-electron chi connectivity index (χ1n) is 11.8. The molecule has 36 heavy (non-hydrogen) atoms. The topological polar surface area (TPSA) is 130 Å². The van der Waals surface area contributed by atoms with Crippen molar-refractivity contribution in [3.8, 4) is 17.1 Å². The van der Waals surface area contributed by atoms with Crippen molar-refractivity contribution in [2.45, 2.75) is 12.8 Å². The van der Waals surface area contributed by atoms with E-state index in [1.165, 1.54) is 12.7 Å². The molecular weight excluding hydrogens is 458 g/mol. The third-order valence-corrected chi connectivity index (χ3v) is 6.48. The van der Waals surface area contributed by atoms with Gasteiger partial charge in [-0.05, 0) is 24.7 Å². The maximum Gasteiger partial charge on any atom is 0.242 e. The quantitative estimate of drug-likeness (QED) is 0.331. The van der Waals surface area contributed by atoms with Gasteiger partial charge >= 0.3 is 0 Å². The van der Waals surface area contributed by atoms with E-state index in [4.69, 9.17) is 10.5 Å². The zero-order valence-corrected chi connectivity index (χ0v) is 20.7. The lowest BCUT2D eigenvalue weighted by molar-refractivity contribution is 0.148. The van der Waals surface area contributed by atoms with Gasteiger partial charge in [0.05, 0.1) is 30.7 Å². The molecule has 1 fully saturated rings. The molecule has 4 N–H and O–H groups in total. The number of ether oxygens (including phenoxy) is 1. The van der Waals surface area contributed by atoms with Crippen molar-refractivity contribution in [1.29, 1.82) is 0 Å². The molecule has 1 atom stereocenters. The van der Waals surface area contributed by atoms with Gasteiger partial charge in [0, 0.05) is 51.7 Å². The van der Waals surface area contributed by atoms with Gasteiger partial charge in [-0.3, -0.25) is 9.88 Å². The highest BCUT2D eigenvalue weighted by atomic mass is 16.5. The second-order valence-electron chi connectivity index (χ2n) is 9.07. The minimum atomic E-state index is -1.35. The lowest BCUT2D eigenvalue weighted by Crippen LogP contribution is -2.43. The molecule has 1 aromatic carbocycles. The first-order chi connectivity index (χ1) is 17.4. The van der Waals surface area contributed by atoms with Crippen molar-refractivity contribution in [2.24, 2.45) is 12.8 Å². The van der Waals surface area contributed by atoms with Crippen molar-refractivity contribution in [1.82, 2.24) is 34.3 Å². The molecule has 0 radical (unpaired) electrons. The minimum Gasteiger partial charge on any atom is -0.479 e. The Bertz CT molecular complexity index is 1350. The summed E-state index contributed by atoms with van der Waals surface area (Å²) in [5, 5.41) is 13.6. The van der Waals surface area contributed by atoms with Gasteiger partial charge in [0.25, 0.3) is 0 Å². The van der Waals surface area contributed by atoms with Crippen LogP contribution in [0.4, 0.5) is 11.5 Å². The summed E-state index contributed by atoms with van der Waals surface area (Å²) in [6.45, 7) is 5.22. The van der Waals surface area contributed by atoms with E-state index in [1.807, 2.05) is 23.7 Å². The summed E-state index contributed by atoms with van der Waals surface area (Å²) in [5.41, 5.74) is 10.7. The highest BCUT2D eigenvalue weighted by molar-refractivity contribution is 5.91. The van der Waals surface area contributed by atoms with Crippen LogP contribution in [-0.2, 0) is 13.6 Å². The van der Waals surface area contributed by atoms with Gasteiger partial charge in [-0.1, -0.05) is 12.1 Å². The summed E-state index contributed by atoms with van der Waals surface area (Å²) in [6, 6.07) is 8.15. The number of rotatable bonds is 7. The molecule has 1 unspecified atom stereocenters. The molecule has 0 aliphatic carbocycles. The van der Waals surface area contributed by atoms with Crippen molar-refractivity contribution >= 4 is 22.5 Å². The van der Waals surface area contributed by atoms with Gasteiger partial charge in [0.1, 0.15) is 23.1 Å². The summed E-state index contributed by atoms with van der Waals surface area (Å²) in [5.74, 6) is 0.590. The highest BCUT2D eigenvalue weighted by Gasteiger charge is 2.22. The standard InChI is InChI=1S/C25H31N9O2/c1-32-8-10-34(11-9-32)14-16-4-6-17(7-5-16)29-24-22(23(26)35)30-21(25(31-24)36-3)18-12-27-13-19-20(18)28-15-33(19)2/h4-7,12-13,15,23,35H,8-11,14,26H2,1-3H3,(H,29,31). The van der Waals surface area contributed by atoms with Crippen LogP contribution in [0.3, 0.4) is 0 Å². The monoisotopic (exact) mass is 489 g/mol. The lowest BCUT2D eigenvalue weighted by atomic mass is 10.1. The molecule has 5 rings (SSSR count). The van der Waals surface area contributed by atoms with Crippen LogP contribution in [0.5, 0.6) is 5.88 Å². The number of fused-ring (bicyclic) bond motifs is 1. The maximum atomic E-state index is 10.3. The fourth-order valence-corrected chi connectivity index (χ4v) is 4.36. The predicted octanol–water partition coefficient (Wildman–Crippen LogP) is 1.87. The first kappa shape index (κ1) is 24.1. The molecule has 1 aliphatic heterocycles. The van der Waals surface area contributed by atoms with Gasteiger partial charge in [0.15, 0.2) is 5.82 Å². The number of aryl methyl sites for hydroxylation is 1. The number of aromatic nitrogens is 5. The summed E-state index contributed by atoms with van der Waals surface area (Å²) >= 11 is 0. The normalized spacial score (nSPS) is 15.8. The molecule has 11 heteroatoms. The number of nitrogens with two attached hydrogens (primary N) is 1. The second kappa shape index (κ2) is 10.2. The number of methoxy groups -OCH3 is 1. The van der Waals surface area contributed by atoms with E-state index in [1.54, 1.807) is 18.7 Å². The van der Waals surface area contributed by atoms with Crippen LogP contribution in [0.1, 0.15) is 17.5 Å². The van der Waals surface area contributed by atoms with Crippen LogP contribution in [0.25, 0.3) is 22.3 Å². The number of aliphatic hydroxyl groups is 1. The van der Waals surface area contributed by atoms with Crippen LogP contribution in [0.15, 0.2) is 43.0 Å². The summed E-state index contributed by atoms with van der Waals surface area (Å²) in [7, 11) is 5.57. The third kappa shape index (κ3) is 4.86. The molecule has 0 spiro atoms. The molecule has 3 aromatic heterocycles. The number of imidazole rings is 1. The van der Waals surface area contributed by atoms with Crippen LogP contribution in [0, 0.1) is 0 Å². The molecule has 4 aromatic rings. The summed E-state index contributed by atoms with van der Waals surface area (Å²) < 4.78 is 7.44. The second-order valence-corrected chi connectivity index (χ2v) is 9.07. The molecule has 0 saturated carbocycles. The number of likely N-dealkylation sites (N-methyl/N-ethyl adjacent to an activating group) is 1. The molecule has 0 amide bonds. The number of benzene rings is 1. The van der Waals surface area contributed by atoms with Crippen LogP contribution in [-0.4, -0.2) is 79.7 Å². The van der Waals surface area contributed by atoms with E-state index in [2.05, 4.69) is 54.2 Å². The number of anilines is 2. The fourth-order valence-electron chi connectivity index (χ4n) is 4.36. The van der Waals surface area contributed by atoms with E-state index < -0.39 is 6.23 Å². The van der Waals surface area contributed by atoms with E-state index in [0.717, 1.165) is 43.9 Å². The molecular formula is C25H31N9O2.